The molecule has 0 bridgehead atoms. The molecule has 0 aromatic heterocycles. The van der Waals surface area contributed by atoms with Crippen LogP contribution in [0.25, 0.3) is 0 Å². The summed E-state index contributed by atoms with van der Waals surface area (Å²) < 4.78 is 144. The van der Waals surface area contributed by atoms with E-state index in [1.54, 1.807) is 0 Å². The summed E-state index contributed by atoms with van der Waals surface area (Å²) in [6.45, 7) is 11.9. The molecular weight excluding hydrogens is 1890 g/mol. The van der Waals surface area contributed by atoms with E-state index in [-0.39, 0.29) is 0 Å². The fraction of sp³-hybridized carbons (Fsp3) is 1.00. The minimum atomic E-state index is -7.07. The van der Waals surface area contributed by atoms with E-state index in [0.717, 1.165) is 482 Å². The van der Waals surface area contributed by atoms with Crippen LogP contribution in [-0.4, -0.2) is 99.1 Å². The Morgan fingerprint density at radius 1 is 0.0851 bits per heavy atom. The van der Waals surface area contributed by atoms with Crippen molar-refractivity contribution in [2.24, 2.45) is 0 Å². The van der Waals surface area contributed by atoms with Gasteiger partial charge in [-0.2, -0.15) is 0 Å². The Balaban J connectivity index is 14.4. The van der Waals surface area contributed by atoms with Crippen molar-refractivity contribution >= 4 is 33.2 Å². The van der Waals surface area contributed by atoms with Gasteiger partial charge in [-0.05, 0) is 0 Å². The summed E-state index contributed by atoms with van der Waals surface area (Å²) in [4.78, 5) is 0. The molecule has 0 heterocycles. The third-order valence-electron chi connectivity index (χ3n) is 28.7. The van der Waals surface area contributed by atoms with Crippen LogP contribution in [0.4, 0.5) is 0 Å². The van der Waals surface area contributed by atoms with Crippen molar-refractivity contribution in [3.8, 4) is 0 Å². The molecule has 0 rings (SSSR count). The Labute approximate surface area is 885 Å². The van der Waals surface area contributed by atoms with Gasteiger partial charge < -0.3 is 0 Å². The van der Waals surface area contributed by atoms with Crippen LogP contribution in [-0.2, 0) is 77.4 Å². The molecule has 0 saturated carbocycles. The van der Waals surface area contributed by atoms with Crippen LogP contribution in [0.15, 0.2) is 0 Å². The normalized spacial score (nSPS) is 13.5. The van der Waals surface area contributed by atoms with Crippen LogP contribution in [0.2, 0.25) is 0 Å². The van der Waals surface area contributed by atoms with E-state index in [1.807, 2.05) is 0 Å². The summed E-state index contributed by atoms with van der Waals surface area (Å²) in [5.41, 5.74) is 0. The van der Waals surface area contributed by atoms with E-state index in [9.17, 15) is 67.9 Å². The van der Waals surface area contributed by atoms with Crippen LogP contribution >= 0.6 is 33.2 Å². The predicted molar refractivity (Wildman–Crippen MR) is 631 cm³/mol. The third-order valence-corrected chi connectivity index (χ3v) is 122. The molecule has 21 heteroatoms. The Morgan fingerprint density at radius 3 is 0.206 bits per heavy atom. The van der Waals surface area contributed by atoms with Crippen LogP contribution in [0.3, 0.4) is 0 Å². The minimum absolute atomic E-state index is 0.313. The predicted octanol–water partition coefficient (Wildman–Crippen LogP) is 45.4. The van der Waals surface area contributed by atoms with Gasteiger partial charge in [0.15, 0.2) is 0 Å². The Morgan fingerprint density at radius 2 is 0.142 bits per heavy atom. The van der Waals surface area contributed by atoms with E-state index in [0.29, 0.717) is 99.1 Å². The second-order valence-electron chi connectivity index (χ2n) is 42.5. The molecule has 0 N–H and O–H groups in total. The van der Waals surface area contributed by atoms with E-state index >= 15 is 0 Å². The fourth-order valence-corrected chi connectivity index (χ4v) is 135. The summed E-state index contributed by atoms with van der Waals surface area (Å²) in [7, 11) is -7.07. The Bertz CT molecular complexity index is 1830. The van der Waals surface area contributed by atoms with Gasteiger partial charge in [0.2, 0.25) is 0 Å². The first-order valence-electron chi connectivity index (χ1n) is 63.9. The van der Waals surface area contributed by atoms with Gasteiger partial charge in [0.25, 0.3) is 0 Å². The third kappa shape index (κ3) is 62.0. The zero-order valence-electron chi connectivity index (χ0n) is 98.2. The second kappa shape index (κ2) is 108. The average molecular weight is 2150 g/mol. The van der Waals surface area contributed by atoms with Crippen LogP contribution < -0.4 is 0 Å². The van der Waals surface area contributed by atoms with E-state index in [1.165, 1.54) is 96.3 Å². The zero-order valence-corrected chi connectivity index (χ0v) is 104. The van der Waals surface area contributed by atoms with Crippen molar-refractivity contribution in [2.75, 3.05) is 99.1 Å². The van der Waals surface area contributed by atoms with Gasteiger partial charge in [0.05, 0.1) is 0 Å². The van der Waals surface area contributed by atoms with Gasteiger partial charge in [-0.15, -0.1) is 0 Å². The van der Waals surface area contributed by atoms with Gasteiger partial charge in [-0.1, -0.05) is 0 Å². The fourth-order valence-electron chi connectivity index (χ4n) is 19.6. The number of unbranched alkanes of at least 4 members (excludes halogenated alkanes) is 75. The van der Waals surface area contributed by atoms with Crippen molar-refractivity contribution in [1.29, 1.82) is 0 Å². The monoisotopic (exact) mass is 2150 g/mol. The number of hydrogen-bond acceptors (Lipinski definition) is 15. The van der Waals surface area contributed by atoms with Crippen molar-refractivity contribution in [1.82, 2.24) is 0 Å². The maximum atomic E-state index is 9.62. The molecule has 0 spiro atoms. The van der Waals surface area contributed by atoms with Gasteiger partial charge in [-0.3, -0.25) is 0 Å². The van der Waals surface area contributed by atoms with E-state index in [4.69, 9.17) is 0 Å². The number of hydrogen-bond donors (Lipinski definition) is 0. The molecule has 0 amide bonds. The van der Waals surface area contributed by atoms with E-state index in [2.05, 4.69) is 104 Å². The molecule has 0 radical (unpaired) electrons. The molecule has 141 heavy (non-hydrogen) atoms. The van der Waals surface area contributed by atoms with Gasteiger partial charge in [-0.25, -0.2) is 0 Å². The molecule has 0 aliphatic rings. The molecule has 0 saturated heterocycles. The van der Waals surface area contributed by atoms with Crippen molar-refractivity contribution < 1.29 is 77.4 Å². The summed E-state index contributed by atoms with van der Waals surface area (Å²) in [5.74, 6) is 0. The van der Waals surface area contributed by atoms with Gasteiger partial charge in [0.1, 0.15) is 0 Å². The summed E-state index contributed by atoms with van der Waals surface area (Å²) in [5, 5.41) is 0. The quantitative estimate of drug-likeness (QED) is 0.0324. The first kappa shape index (κ1) is 143. The molecule has 0 aromatic carbocycles. The van der Waals surface area contributed by atoms with Crippen LogP contribution in [0.5, 0.6) is 0 Å². The average Bonchev–Trinajstić information content (AvgIpc) is 0.604. The Kier molecular flexibility index (Phi) is 109. The maximum absolute atomic E-state index is 9.62. The van der Waals surface area contributed by atoms with Crippen LogP contribution in [0, 0.1) is 0 Å². The molecule has 0 aliphatic heterocycles. The molecule has 0 atom stereocenters. The van der Waals surface area contributed by atoms with Crippen LogP contribution in [0.1, 0.15) is 682 Å². The standard InChI is InChI=1S/5C24H52O3P.Fe/c5*1-4-7-10-13-16-19-22-25-28(26-23-20-17-14-11-8-5-2)27-24-21-18-15-12-9-6-3;/h5*28H,4-24H2,1-3H3;/q5*+1;-5. The Hall–Kier alpha value is 2.07. The zero-order chi connectivity index (χ0) is 103. The van der Waals surface area contributed by atoms with E-state index < -0.39 is 42.7 Å². The van der Waals surface area contributed by atoms with Crippen molar-refractivity contribution in [3.63, 3.8) is 0 Å². The second-order valence-corrected chi connectivity index (χ2v) is 93.5. The first-order chi connectivity index (χ1) is 69.5. The molecule has 0 aromatic rings. The molecule has 0 unspecified atom stereocenters. The van der Waals surface area contributed by atoms with Gasteiger partial charge in [0, 0.05) is 0 Å². The van der Waals surface area contributed by atoms with Gasteiger partial charge >= 0.3 is 891 Å². The summed E-state index contributed by atoms with van der Waals surface area (Å²) >= 11 is 0. The topological polar surface area (TPSA) is 138 Å². The molecule has 15 nitrogen and oxygen atoms in total. The molecule has 0 fully saturated rings. The number of rotatable bonds is 125. The van der Waals surface area contributed by atoms with Crippen molar-refractivity contribution in [2.45, 2.75) is 682 Å². The molecule has 0 aliphatic carbocycles. The first-order valence-corrected chi connectivity index (χ1v) is 80.1. The molecule has 863 valence electrons. The van der Waals surface area contributed by atoms with Crippen molar-refractivity contribution in [3.05, 3.63) is 0 Å². The summed E-state index contributed by atoms with van der Waals surface area (Å²) in [6.07, 6.45) is 95.0. The SMILES string of the molecule is CCCCCCCCO[PH](OCCCCCCCC)(OCCCCCCCC)[Fe]([PH](OCCCCCCCC)(OCCCCCCCC)OCCCCCCCC)([PH](OCCCCCCCC)(OCCCCCCCC)OCCCCCCCC)([PH](OCCCCCCCC)(OCCCCCCCC)OCCCCCCCC)[PH](OCCCCCCCC)(OCCCCCCCC)OCCCCCCCC. The molecular formula is C120H260FeO15P5. The summed E-state index contributed by atoms with van der Waals surface area (Å²) in [6, 6.07) is 0.